The predicted molar refractivity (Wildman–Crippen MR) is 147 cm³/mol. The van der Waals surface area contributed by atoms with Crippen LogP contribution in [0.3, 0.4) is 0 Å². The summed E-state index contributed by atoms with van der Waals surface area (Å²) < 4.78 is 18.5. The van der Waals surface area contributed by atoms with Gasteiger partial charge in [-0.15, -0.1) is 0 Å². The van der Waals surface area contributed by atoms with Crippen LogP contribution in [0, 0.1) is 0 Å². The zero-order valence-corrected chi connectivity index (χ0v) is 22.5. The number of ketones is 1. The van der Waals surface area contributed by atoms with Gasteiger partial charge in [0, 0.05) is 10.0 Å². The lowest BCUT2D eigenvalue weighted by atomic mass is 9.95. The highest BCUT2D eigenvalue weighted by Crippen LogP contribution is 2.45. The van der Waals surface area contributed by atoms with Crippen molar-refractivity contribution in [2.24, 2.45) is 0 Å². The molecule has 6 rings (SSSR count). The molecule has 0 saturated carbocycles. The van der Waals surface area contributed by atoms with Gasteiger partial charge in [-0.2, -0.15) is 0 Å². The summed E-state index contributed by atoms with van der Waals surface area (Å²) in [5, 5.41) is 11.8. The number of carbonyl (C=O) groups excluding carboxylic acids is 2. The van der Waals surface area contributed by atoms with E-state index < -0.39 is 17.7 Å². The van der Waals surface area contributed by atoms with Crippen molar-refractivity contribution in [1.82, 2.24) is 4.98 Å². The number of nitrogens with zero attached hydrogens (tertiary/aromatic N) is 2. The van der Waals surface area contributed by atoms with Crippen LogP contribution in [0.15, 0.2) is 70.7 Å². The Bertz CT molecular complexity index is 1610. The summed E-state index contributed by atoms with van der Waals surface area (Å²) in [6.07, 6.45) is 0. The number of aliphatic hydroxyl groups is 1. The van der Waals surface area contributed by atoms with E-state index in [-0.39, 0.29) is 11.3 Å². The standard InChI is InChI=1S/C28H21BrN2O6S/c1-2-35-18-8-9-19-22(14-18)38-28(30-19)31-24(15-3-6-17(29)7-4-15)23(26(33)27(31)34)25(32)16-5-10-20-21(13-16)37-12-11-36-20/h3-10,13-14,24,32H,2,11-12H2,1H3/b25-23+. The number of carbonyl (C=O) groups is 2. The number of hydrogen-bond donors (Lipinski definition) is 1. The number of thiazole rings is 1. The number of fused-ring (bicyclic) bond motifs is 2. The van der Waals surface area contributed by atoms with Crippen LogP contribution < -0.4 is 19.1 Å². The number of Topliss-reactive ketones (excluding diaryl/α,β-unsaturated/α-hetero) is 1. The Labute approximate surface area is 230 Å². The monoisotopic (exact) mass is 592 g/mol. The van der Waals surface area contributed by atoms with Gasteiger partial charge in [0.15, 0.2) is 16.6 Å². The number of ether oxygens (including phenoxy) is 3. The number of aromatic nitrogens is 1. The molecule has 8 nitrogen and oxygen atoms in total. The minimum Gasteiger partial charge on any atom is -0.507 e. The topological polar surface area (TPSA) is 98.2 Å². The number of benzene rings is 3. The fourth-order valence-corrected chi connectivity index (χ4v) is 5.87. The van der Waals surface area contributed by atoms with Gasteiger partial charge in [-0.05, 0) is 61.0 Å². The van der Waals surface area contributed by atoms with Gasteiger partial charge < -0.3 is 19.3 Å². The molecule has 192 valence electrons. The highest BCUT2D eigenvalue weighted by molar-refractivity contribution is 9.10. The summed E-state index contributed by atoms with van der Waals surface area (Å²) in [5.74, 6) is -0.138. The normalized spacial score (nSPS) is 18.3. The Morgan fingerprint density at radius 2 is 1.84 bits per heavy atom. The molecule has 1 amide bonds. The fourth-order valence-electron chi connectivity index (χ4n) is 4.59. The van der Waals surface area contributed by atoms with Gasteiger partial charge in [0.05, 0.1) is 28.4 Å². The first-order valence-corrected chi connectivity index (χ1v) is 13.6. The van der Waals surface area contributed by atoms with Crippen molar-refractivity contribution >= 4 is 60.1 Å². The molecule has 1 atom stereocenters. The highest BCUT2D eigenvalue weighted by atomic mass is 79.9. The van der Waals surface area contributed by atoms with Crippen LogP contribution in [0.5, 0.6) is 17.2 Å². The molecule has 2 aliphatic rings. The molecule has 4 aromatic rings. The highest BCUT2D eigenvalue weighted by Gasteiger charge is 2.48. The molecule has 0 spiro atoms. The molecule has 0 aliphatic carbocycles. The van der Waals surface area contributed by atoms with E-state index in [0.29, 0.717) is 58.8 Å². The summed E-state index contributed by atoms with van der Waals surface area (Å²) in [7, 11) is 0. The lowest BCUT2D eigenvalue weighted by molar-refractivity contribution is -0.132. The lowest BCUT2D eigenvalue weighted by Crippen LogP contribution is -2.29. The second-order valence-electron chi connectivity index (χ2n) is 8.64. The number of hydrogen-bond acceptors (Lipinski definition) is 8. The maximum Gasteiger partial charge on any atom is 0.301 e. The molecule has 2 aliphatic heterocycles. The fraction of sp³-hybridized carbons (Fsp3) is 0.179. The van der Waals surface area contributed by atoms with Crippen molar-refractivity contribution in [1.29, 1.82) is 0 Å². The number of aliphatic hydroxyl groups excluding tert-OH is 1. The summed E-state index contributed by atoms with van der Waals surface area (Å²) in [4.78, 5) is 33.0. The molecule has 3 aromatic carbocycles. The SMILES string of the molecule is CCOc1ccc2nc(N3C(=O)C(=O)/C(=C(/O)c4ccc5c(c4)OCCO5)C3c3ccc(Br)cc3)sc2c1. The van der Waals surface area contributed by atoms with Gasteiger partial charge >= 0.3 is 5.91 Å². The largest absolute Gasteiger partial charge is 0.507 e. The first-order valence-electron chi connectivity index (χ1n) is 11.9. The zero-order chi connectivity index (χ0) is 26.4. The predicted octanol–water partition coefficient (Wildman–Crippen LogP) is 5.86. The molecule has 1 N–H and O–H groups in total. The van der Waals surface area contributed by atoms with Crippen molar-refractivity contribution in [2.75, 3.05) is 24.7 Å². The zero-order valence-electron chi connectivity index (χ0n) is 20.1. The summed E-state index contributed by atoms with van der Waals surface area (Å²) in [5.41, 5.74) is 1.65. The van der Waals surface area contributed by atoms with Gasteiger partial charge in [-0.1, -0.05) is 39.4 Å². The van der Waals surface area contributed by atoms with Gasteiger partial charge in [0.1, 0.15) is 24.7 Å². The van der Waals surface area contributed by atoms with Gasteiger partial charge in [-0.25, -0.2) is 4.98 Å². The van der Waals surface area contributed by atoms with Crippen molar-refractivity contribution in [3.8, 4) is 17.2 Å². The van der Waals surface area contributed by atoms with Crippen LogP contribution in [0.4, 0.5) is 5.13 Å². The Hall–Kier alpha value is -3.89. The second-order valence-corrected chi connectivity index (χ2v) is 10.6. The number of rotatable bonds is 5. The van der Waals surface area contributed by atoms with Crippen LogP contribution >= 0.6 is 27.3 Å². The van der Waals surface area contributed by atoms with Crippen LogP contribution in [-0.4, -0.2) is 41.6 Å². The third-order valence-corrected chi connectivity index (χ3v) is 7.86. The van der Waals surface area contributed by atoms with E-state index in [1.165, 1.54) is 16.2 Å². The summed E-state index contributed by atoms with van der Waals surface area (Å²) in [6.45, 7) is 3.24. The van der Waals surface area contributed by atoms with E-state index in [4.69, 9.17) is 14.2 Å². The van der Waals surface area contributed by atoms with Crippen LogP contribution in [0.2, 0.25) is 0 Å². The second kappa shape index (κ2) is 9.77. The molecule has 1 fully saturated rings. The molecular formula is C28H21BrN2O6S. The maximum atomic E-state index is 13.5. The molecule has 10 heteroatoms. The average Bonchev–Trinajstić information content (AvgIpc) is 3.46. The Kier molecular flexibility index (Phi) is 6.29. The summed E-state index contributed by atoms with van der Waals surface area (Å²) >= 11 is 4.72. The van der Waals surface area contributed by atoms with Crippen LogP contribution in [-0.2, 0) is 9.59 Å². The molecule has 0 radical (unpaired) electrons. The third kappa shape index (κ3) is 4.19. The van der Waals surface area contributed by atoms with Crippen LogP contribution in [0.1, 0.15) is 24.1 Å². The van der Waals surface area contributed by atoms with Crippen molar-refractivity contribution in [3.63, 3.8) is 0 Å². The molecule has 1 unspecified atom stereocenters. The third-order valence-electron chi connectivity index (χ3n) is 6.31. The smallest absolute Gasteiger partial charge is 0.301 e. The van der Waals surface area contributed by atoms with Crippen molar-refractivity contribution < 1.29 is 28.9 Å². The first kappa shape index (κ1) is 24.4. The molecule has 1 saturated heterocycles. The molecule has 1 aromatic heterocycles. The molecule has 0 bridgehead atoms. The van der Waals surface area contributed by atoms with Crippen molar-refractivity contribution in [3.05, 3.63) is 81.8 Å². The Morgan fingerprint density at radius 1 is 1.08 bits per heavy atom. The van der Waals surface area contributed by atoms with E-state index in [0.717, 1.165) is 9.17 Å². The van der Waals surface area contributed by atoms with E-state index in [9.17, 15) is 14.7 Å². The number of anilines is 1. The van der Waals surface area contributed by atoms with E-state index in [1.54, 1.807) is 18.2 Å². The quantitative estimate of drug-likeness (QED) is 0.176. The molecular weight excluding hydrogens is 572 g/mol. The number of halogens is 1. The minimum absolute atomic E-state index is 0.0248. The van der Waals surface area contributed by atoms with Crippen LogP contribution in [0.25, 0.3) is 16.0 Å². The first-order chi connectivity index (χ1) is 18.4. The van der Waals surface area contributed by atoms with Gasteiger partial charge in [0.2, 0.25) is 0 Å². The summed E-state index contributed by atoms with van der Waals surface area (Å²) in [6, 6.07) is 16.8. The van der Waals surface area contributed by atoms with E-state index in [2.05, 4.69) is 20.9 Å². The van der Waals surface area contributed by atoms with Gasteiger partial charge in [-0.3, -0.25) is 14.5 Å². The minimum atomic E-state index is -0.886. The van der Waals surface area contributed by atoms with Crippen molar-refractivity contribution in [2.45, 2.75) is 13.0 Å². The Balaban J connectivity index is 1.51. The average molecular weight is 593 g/mol. The molecule has 3 heterocycles. The van der Waals surface area contributed by atoms with E-state index in [1.807, 2.05) is 49.4 Å². The van der Waals surface area contributed by atoms with Gasteiger partial charge in [0.25, 0.3) is 5.78 Å². The lowest BCUT2D eigenvalue weighted by Gasteiger charge is -2.23. The maximum absolute atomic E-state index is 13.5. The number of amides is 1. The Morgan fingerprint density at radius 3 is 2.61 bits per heavy atom. The molecule has 38 heavy (non-hydrogen) atoms. The van der Waals surface area contributed by atoms with E-state index >= 15 is 0 Å².